The molecule has 19 heavy (non-hydrogen) atoms. The van der Waals surface area contributed by atoms with E-state index in [-0.39, 0.29) is 18.8 Å². The SMILES string of the molecule is O=[N+]([O-])c1cnn(CC(O)CNCC(F)(F)CO)c1. The molecule has 0 bridgehead atoms. The highest BCUT2D eigenvalue weighted by Crippen LogP contribution is 2.10. The van der Waals surface area contributed by atoms with Gasteiger partial charge < -0.3 is 15.5 Å². The zero-order valence-corrected chi connectivity index (χ0v) is 9.87. The van der Waals surface area contributed by atoms with E-state index >= 15 is 0 Å². The summed E-state index contributed by atoms with van der Waals surface area (Å²) in [6.45, 7) is -2.25. The molecule has 1 aromatic rings. The lowest BCUT2D eigenvalue weighted by atomic mass is 10.3. The van der Waals surface area contributed by atoms with Gasteiger partial charge in [-0.25, -0.2) is 8.78 Å². The number of hydrogen-bond donors (Lipinski definition) is 3. The van der Waals surface area contributed by atoms with Crippen LogP contribution in [-0.4, -0.2) is 56.6 Å². The molecule has 0 fully saturated rings. The van der Waals surface area contributed by atoms with E-state index in [4.69, 9.17) is 5.11 Å². The number of alkyl halides is 2. The number of aromatic nitrogens is 2. The average Bonchev–Trinajstić information content (AvgIpc) is 2.77. The molecular weight excluding hydrogens is 266 g/mol. The summed E-state index contributed by atoms with van der Waals surface area (Å²) in [6.07, 6.45) is 1.13. The van der Waals surface area contributed by atoms with Crippen LogP contribution in [0.1, 0.15) is 0 Å². The molecule has 0 spiro atoms. The van der Waals surface area contributed by atoms with E-state index in [0.717, 1.165) is 17.1 Å². The van der Waals surface area contributed by atoms with Gasteiger partial charge in [0.25, 0.3) is 5.92 Å². The maximum atomic E-state index is 12.6. The number of nitrogens with one attached hydrogen (secondary N) is 1. The topological polar surface area (TPSA) is 113 Å². The van der Waals surface area contributed by atoms with Crippen molar-refractivity contribution >= 4 is 5.69 Å². The number of hydrogen-bond acceptors (Lipinski definition) is 6. The molecule has 1 rings (SSSR count). The van der Waals surface area contributed by atoms with Gasteiger partial charge in [-0.15, -0.1) is 0 Å². The Morgan fingerprint density at radius 1 is 1.63 bits per heavy atom. The third-order valence-corrected chi connectivity index (χ3v) is 2.22. The van der Waals surface area contributed by atoms with Gasteiger partial charge in [0.15, 0.2) is 0 Å². The predicted molar refractivity (Wildman–Crippen MR) is 59.8 cm³/mol. The minimum atomic E-state index is -3.25. The molecular formula is C9H14F2N4O4. The first kappa shape index (κ1) is 15.4. The Balaban J connectivity index is 2.34. The minimum Gasteiger partial charge on any atom is -0.390 e. The Bertz CT molecular complexity index is 426. The average molecular weight is 280 g/mol. The molecule has 8 nitrogen and oxygen atoms in total. The van der Waals surface area contributed by atoms with E-state index in [2.05, 4.69) is 10.4 Å². The summed E-state index contributed by atoms with van der Waals surface area (Å²) in [5, 5.41) is 34.2. The van der Waals surface area contributed by atoms with Crippen LogP contribution in [-0.2, 0) is 6.54 Å². The van der Waals surface area contributed by atoms with Crippen LogP contribution >= 0.6 is 0 Å². The second kappa shape index (κ2) is 6.50. The summed E-state index contributed by atoms with van der Waals surface area (Å²) in [7, 11) is 0. The monoisotopic (exact) mass is 280 g/mol. The van der Waals surface area contributed by atoms with Crippen LogP contribution in [0, 0.1) is 10.1 Å². The van der Waals surface area contributed by atoms with Crippen molar-refractivity contribution in [2.45, 2.75) is 18.6 Å². The number of aliphatic hydroxyl groups excluding tert-OH is 2. The lowest BCUT2D eigenvalue weighted by Crippen LogP contribution is -2.40. The van der Waals surface area contributed by atoms with E-state index in [1.807, 2.05) is 0 Å². The zero-order valence-electron chi connectivity index (χ0n) is 9.87. The smallest absolute Gasteiger partial charge is 0.306 e. The summed E-state index contributed by atoms with van der Waals surface area (Å²) >= 11 is 0. The zero-order chi connectivity index (χ0) is 14.5. The van der Waals surface area contributed by atoms with Crippen molar-refractivity contribution in [3.05, 3.63) is 22.5 Å². The second-order valence-electron chi connectivity index (χ2n) is 3.98. The van der Waals surface area contributed by atoms with Gasteiger partial charge in [0.05, 0.1) is 24.1 Å². The third-order valence-electron chi connectivity index (χ3n) is 2.22. The highest BCUT2D eigenvalue weighted by atomic mass is 19.3. The van der Waals surface area contributed by atoms with Crippen LogP contribution in [0.5, 0.6) is 0 Å². The van der Waals surface area contributed by atoms with Crippen LogP contribution < -0.4 is 5.32 Å². The molecule has 1 heterocycles. The number of nitrogens with zero attached hydrogens (tertiary/aromatic N) is 3. The molecule has 1 atom stereocenters. The maximum Gasteiger partial charge on any atom is 0.306 e. The maximum absolute atomic E-state index is 12.6. The largest absolute Gasteiger partial charge is 0.390 e. The van der Waals surface area contributed by atoms with Gasteiger partial charge in [-0.05, 0) is 0 Å². The number of halogens is 2. The summed E-state index contributed by atoms with van der Waals surface area (Å²) in [5.74, 6) is -3.25. The van der Waals surface area contributed by atoms with E-state index < -0.39 is 30.1 Å². The van der Waals surface area contributed by atoms with Crippen molar-refractivity contribution in [3.8, 4) is 0 Å². The minimum absolute atomic E-state index is 0.0640. The lowest BCUT2D eigenvalue weighted by Gasteiger charge is -2.16. The molecule has 0 radical (unpaired) electrons. The van der Waals surface area contributed by atoms with Crippen LogP contribution in [0.15, 0.2) is 12.4 Å². The van der Waals surface area contributed by atoms with Crippen molar-refractivity contribution in [2.24, 2.45) is 0 Å². The Hall–Kier alpha value is -1.65. The molecule has 1 aromatic heterocycles. The molecule has 10 heteroatoms. The van der Waals surface area contributed by atoms with E-state index in [1.54, 1.807) is 0 Å². The van der Waals surface area contributed by atoms with Gasteiger partial charge >= 0.3 is 5.69 Å². The van der Waals surface area contributed by atoms with Gasteiger partial charge in [0.1, 0.15) is 19.0 Å². The third kappa shape index (κ3) is 5.24. The normalized spacial score (nSPS) is 13.5. The first-order valence-corrected chi connectivity index (χ1v) is 5.38. The van der Waals surface area contributed by atoms with Crippen molar-refractivity contribution in [1.29, 1.82) is 0 Å². The highest BCUT2D eigenvalue weighted by Gasteiger charge is 2.27. The molecule has 3 N–H and O–H groups in total. The standard InChI is InChI=1S/C9H14F2N4O4/c10-9(11,6-16)5-12-2-8(17)4-14-3-7(1-13-14)15(18)19/h1,3,8,12,16-17H,2,4-6H2. The Kier molecular flexibility index (Phi) is 5.27. The quantitative estimate of drug-likeness (QED) is 0.431. The summed E-state index contributed by atoms with van der Waals surface area (Å²) < 4.78 is 26.4. The molecule has 0 aliphatic rings. The van der Waals surface area contributed by atoms with Crippen molar-refractivity contribution in [1.82, 2.24) is 15.1 Å². The van der Waals surface area contributed by atoms with Crippen molar-refractivity contribution < 1.29 is 23.9 Å². The van der Waals surface area contributed by atoms with Crippen molar-refractivity contribution in [2.75, 3.05) is 19.7 Å². The van der Waals surface area contributed by atoms with Crippen LogP contribution in [0.4, 0.5) is 14.5 Å². The summed E-state index contributed by atoms with van der Waals surface area (Å²) in [4.78, 5) is 9.76. The van der Waals surface area contributed by atoms with Crippen LogP contribution in [0.2, 0.25) is 0 Å². The number of aliphatic hydroxyl groups is 2. The van der Waals surface area contributed by atoms with Crippen LogP contribution in [0.25, 0.3) is 0 Å². The fraction of sp³-hybridized carbons (Fsp3) is 0.667. The van der Waals surface area contributed by atoms with E-state index in [9.17, 15) is 24.0 Å². The summed E-state index contributed by atoms with van der Waals surface area (Å²) in [5.41, 5.74) is -0.216. The van der Waals surface area contributed by atoms with Gasteiger partial charge in [0, 0.05) is 6.54 Å². The molecule has 0 aliphatic heterocycles. The second-order valence-corrected chi connectivity index (χ2v) is 3.98. The van der Waals surface area contributed by atoms with Crippen LogP contribution in [0.3, 0.4) is 0 Å². The molecule has 0 saturated carbocycles. The van der Waals surface area contributed by atoms with Crippen molar-refractivity contribution in [3.63, 3.8) is 0 Å². The Morgan fingerprint density at radius 2 is 2.32 bits per heavy atom. The molecule has 1 unspecified atom stereocenters. The Labute approximate surface area is 106 Å². The predicted octanol–water partition coefficient (Wildman–Crippen LogP) is -0.631. The summed E-state index contributed by atoms with van der Waals surface area (Å²) in [6, 6.07) is 0. The molecule has 0 aliphatic carbocycles. The molecule has 108 valence electrons. The van der Waals surface area contributed by atoms with E-state index in [0.29, 0.717) is 0 Å². The Morgan fingerprint density at radius 3 is 2.84 bits per heavy atom. The van der Waals surface area contributed by atoms with E-state index in [1.165, 1.54) is 0 Å². The van der Waals surface area contributed by atoms with Gasteiger partial charge in [-0.3, -0.25) is 14.8 Å². The number of nitro groups is 1. The first-order chi connectivity index (χ1) is 8.84. The number of rotatable bonds is 8. The van der Waals surface area contributed by atoms with Gasteiger partial charge in [-0.1, -0.05) is 0 Å². The van der Waals surface area contributed by atoms with Gasteiger partial charge in [-0.2, -0.15) is 5.10 Å². The molecule has 0 aromatic carbocycles. The molecule has 0 saturated heterocycles. The fourth-order valence-corrected chi connectivity index (χ4v) is 1.30. The highest BCUT2D eigenvalue weighted by molar-refractivity contribution is 5.20. The lowest BCUT2D eigenvalue weighted by molar-refractivity contribution is -0.385. The fourth-order valence-electron chi connectivity index (χ4n) is 1.30. The first-order valence-electron chi connectivity index (χ1n) is 5.38. The van der Waals surface area contributed by atoms with Gasteiger partial charge in [0.2, 0.25) is 0 Å². The molecule has 0 amide bonds.